The average molecular weight is 696 g/mol. The van der Waals surface area contributed by atoms with E-state index in [4.69, 9.17) is 28.4 Å². The molecule has 4 heterocycles. The van der Waals surface area contributed by atoms with Gasteiger partial charge in [0.05, 0.1) is 70.8 Å². The number of unbranched alkanes of at least 4 members (excludes halogenated alkanes) is 1. The number of methoxy groups -OCH3 is 3. The number of urea groups is 1. The maximum atomic E-state index is 12.2. The number of aryl methyl sites for hydroxylation is 2. The van der Waals surface area contributed by atoms with Gasteiger partial charge in [0.25, 0.3) is 0 Å². The predicted molar refractivity (Wildman–Crippen MR) is 187 cm³/mol. The van der Waals surface area contributed by atoms with Crippen molar-refractivity contribution in [3.63, 3.8) is 0 Å². The van der Waals surface area contributed by atoms with Gasteiger partial charge in [-0.15, -0.1) is 0 Å². The van der Waals surface area contributed by atoms with Crippen LogP contribution in [0.5, 0.6) is 23.0 Å². The van der Waals surface area contributed by atoms with Crippen molar-refractivity contribution in [2.45, 2.75) is 56.0 Å². The van der Waals surface area contributed by atoms with Gasteiger partial charge < -0.3 is 44.4 Å². The summed E-state index contributed by atoms with van der Waals surface area (Å²) in [5, 5.41) is 11.4. The third kappa shape index (κ3) is 8.27. The number of pyridine rings is 1. The minimum absolute atomic E-state index is 0.0422. The van der Waals surface area contributed by atoms with E-state index in [-0.39, 0.29) is 24.0 Å². The molecule has 6 rings (SSSR count). The number of fused-ring (bicyclic) bond motifs is 5. The molecule has 0 spiro atoms. The molecule has 3 atom stereocenters. The molecule has 0 aliphatic carbocycles. The number of carbonyl (C=O) groups is 2. The summed E-state index contributed by atoms with van der Waals surface area (Å²) < 4.78 is 36.5. The van der Waals surface area contributed by atoms with Crippen LogP contribution in [0.3, 0.4) is 0 Å². The molecule has 264 valence electrons. The first-order valence-corrected chi connectivity index (χ1v) is 18.1. The maximum absolute atomic E-state index is 12.2. The van der Waals surface area contributed by atoms with Crippen molar-refractivity contribution in [1.29, 1.82) is 0 Å². The minimum atomic E-state index is -0.0595. The summed E-state index contributed by atoms with van der Waals surface area (Å²) in [6.45, 7) is 3.42. The molecule has 3 N–H and O–H groups in total. The van der Waals surface area contributed by atoms with Gasteiger partial charge in [-0.05, 0) is 48.1 Å². The van der Waals surface area contributed by atoms with E-state index in [1.165, 1.54) is 5.56 Å². The molecule has 13 heteroatoms. The van der Waals surface area contributed by atoms with Gasteiger partial charge in [-0.1, -0.05) is 6.42 Å². The van der Waals surface area contributed by atoms with Crippen LogP contribution in [-0.4, -0.2) is 95.9 Å². The normalized spacial score (nSPS) is 19.0. The Morgan fingerprint density at radius 3 is 2.57 bits per heavy atom. The SMILES string of the molecule is COc1cc2c(cc1OCCOCCOCCNC(=O)CCCC[C@@H]1SC[C@@H]3NC(=O)N[C@@H]31)CC[n+]1cc3c(OC)c(OC)ccc3cc1-2. The van der Waals surface area contributed by atoms with E-state index in [9.17, 15) is 9.59 Å². The highest BCUT2D eigenvalue weighted by Gasteiger charge is 2.42. The number of ether oxygens (including phenoxy) is 6. The second-order valence-electron chi connectivity index (χ2n) is 12.4. The third-order valence-corrected chi connectivity index (χ3v) is 10.8. The molecule has 3 aliphatic heterocycles. The summed E-state index contributed by atoms with van der Waals surface area (Å²) in [6.07, 6.45) is 6.32. The van der Waals surface area contributed by atoms with Crippen LogP contribution in [0.25, 0.3) is 22.0 Å². The third-order valence-electron chi connectivity index (χ3n) is 9.30. The number of amides is 3. The second kappa shape index (κ2) is 16.6. The molecular weight excluding hydrogens is 648 g/mol. The molecule has 3 aliphatic rings. The quantitative estimate of drug-likeness (QED) is 0.104. The summed E-state index contributed by atoms with van der Waals surface area (Å²) in [5.41, 5.74) is 3.43. The van der Waals surface area contributed by atoms with Gasteiger partial charge in [0.1, 0.15) is 6.61 Å². The largest absolute Gasteiger partial charge is 0.493 e. The van der Waals surface area contributed by atoms with E-state index >= 15 is 0 Å². The lowest BCUT2D eigenvalue weighted by Gasteiger charge is -2.19. The van der Waals surface area contributed by atoms with Crippen LogP contribution in [0, 0.1) is 0 Å². The molecule has 3 amide bonds. The maximum Gasteiger partial charge on any atom is 0.315 e. The first kappa shape index (κ1) is 34.9. The molecule has 2 aromatic carbocycles. The molecule has 2 saturated heterocycles. The predicted octanol–water partition coefficient (Wildman–Crippen LogP) is 3.63. The van der Waals surface area contributed by atoms with Crippen molar-refractivity contribution in [3.8, 4) is 34.3 Å². The smallest absolute Gasteiger partial charge is 0.315 e. The molecule has 0 saturated carbocycles. The molecule has 12 nitrogen and oxygen atoms in total. The molecule has 0 radical (unpaired) electrons. The van der Waals surface area contributed by atoms with E-state index in [1.807, 2.05) is 17.8 Å². The number of benzene rings is 2. The van der Waals surface area contributed by atoms with Gasteiger partial charge in [-0.25, -0.2) is 4.79 Å². The number of thioether (sulfide) groups is 1. The molecule has 0 unspecified atom stereocenters. The van der Waals surface area contributed by atoms with Crippen molar-refractivity contribution in [3.05, 3.63) is 42.1 Å². The Kier molecular flexibility index (Phi) is 11.9. The number of carbonyl (C=O) groups excluding carboxylic acids is 2. The highest BCUT2D eigenvalue weighted by molar-refractivity contribution is 8.00. The highest BCUT2D eigenvalue weighted by Crippen LogP contribution is 2.40. The Labute approximate surface area is 291 Å². The summed E-state index contributed by atoms with van der Waals surface area (Å²) in [5.74, 6) is 3.82. The number of hydrogen-bond donors (Lipinski definition) is 3. The molecule has 49 heavy (non-hydrogen) atoms. The number of hydrogen-bond acceptors (Lipinski definition) is 9. The Bertz CT molecular complexity index is 1640. The summed E-state index contributed by atoms with van der Waals surface area (Å²) in [7, 11) is 4.97. The first-order chi connectivity index (χ1) is 24.0. The van der Waals surface area contributed by atoms with E-state index < -0.39 is 0 Å². The van der Waals surface area contributed by atoms with Crippen molar-refractivity contribution < 1.29 is 42.6 Å². The Balaban J connectivity index is 0.861. The van der Waals surface area contributed by atoms with Crippen molar-refractivity contribution in [1.82, 2.24) is 16.0 Å². The molecular formula is C36H47N4O8S+. The highest BCUT2D eigenvalue weighted by atomic mass is 32.2. The fourth-order valence-corrected chi connectivity index (χ4v) is 8.36. The van der Waals surface area contributed by atoms with Crippen LogP contribution in [0.15, 0.2) is 36.5 Å². The summed E-state index contributed by atoms with van der Waals surface area (Å²) in [6, 6.07) is 10.7. The topological polar surface area (TPSA) is 129 Å². The number of nitrogens with zero attached hydrogens (tertiary/aromatic N) is 1. The zero-order valence-electron chi connectivity index (χ0n) is 28.5. The molecule has 2 fully saturated rings. The van der Waals surface area contributed by atoms with Gasteiger partial charge in [0.15, 0.2) is 35.7 Å². The minimum Gasteiger partial charge on any atom is -0.493 e. The average Bonchev–Trinajstić information content (AvgIpc) is 3.67. The molecule has 0 bridgehead atoms. The zero-order chi connectivity index (χ0) is 34.2. The molecule has 1 aromatic heterocycles. The Hall–Kier alpha value is -3.94. The van der Waals surface area contributed by atoms with E-state index in [2.05, 4.69) is 51.0 Å². The Morgan fingerprint density at radius 2 is 1.76 bits per heavy atom. The van der Waals surface area contributed by atoms with E-state index in [1.54, 1.807) is 21.3 Å². The van der Waals surface area contributed by atoms with Gasteiger partial charge in [-0.3, -0.25) is 4.79 Å². The number of rotatable bonds is 18. The van der Waals surface area contributed by atoms with E-state index in [0.29, 0.717) is 68.5 Å². The van der Waals surface area contributed by atoms with Crippen molar-refractivity contribution in [2.75, 3.05) is 66.7 Å². The lowest BCUT2D eigenvalue weighted by Crippen LogP contribution is -2.40. The van der Waals surface area contributed by atoms with Crippen LogP contribution in [0.4, 0.5) is 4.79 Å². The van der Waals surface area contributed by atoms with E-state index in [0.717, 1.165) is 65.8 Å². The second-order valence-corrected chi connectivity index (χ2v) is 13.6. The van der Waals surface area contributed by atoms with Crippen LogP contribution in [-0.2, 0) is 27.2 Å². The van der Waals surface area contributed by atoms with Crippen LogP contribution < -0.4 is 39.5 Å². The van der Waals surface area contributed by atoms with Crippen molar-refractivity contribution in [2.24, 2.45) is 0 Å². The van der Waals surface area contributed by atoms with Crippen molar-refractivity contribution >= 4 is 34.5 Å². The monoisotopic (exact) mass is 695 g/mol. The summed E-state index contributed by atoms with van der Waals surface area (Å²) >= 11 is 1.90. The molecule has 3 aromatic rings. The number of nitrogens with one attached hydrogen (secondary N) is 3. The summed E-state index contributed by atoms with van der Waals surface area (Å²) in [4.78, 5) is 23.7. The van der Waals surface area contributed by atoms with Gasteiger partial charge in [0, 0.05) is 36.5 Å². The fourth-order valence-electron chi connectivity index (χ4n) is 6.82. The fraction of sp³-hybridized carbons (Fsp3) is 0.528. The number of aromatic nitrogens is 1. The lowest BCUT2D eigenvalue weighted by molar-refractivity contribution is -0.686. The van der Waals surface area contributed by atoms with Gasteiger partial charge >= 0.3 is 6.03 Å². The Morgan fingerprint density at radius 1 is 0.939 bits per heavy atom. The standard InChI is InChI=1S/C36H46N4O8S/c1-43-29-9-8-23-18-28-25-20-30(44-2)31(19-24(25)10-12-40(28)21-26(23)35(29)45-3)48-17-16-47-15-14-46-13-11-37-33(41)7-5-4-6-32-34-27(22-49-32)38-36(42)39-34/h8-9,18-21,27,32,34H,4-7,10-17,22H2,1-3H3,(H2-,37,38,39,41,42)/p+1/t27-,32-,34-/m0/s1. The lowest BCUT2D eigenvalue weighted by atomic mass is 9.95. The first-order valence-electron chi connectivity index (χ1n) is 17.0. The van der Waals surface area contributed by atoms with Crippen LogP contribution >= 0.6 is 11.8 Å². The van der Waals surface area contributed by atoms with Gasteiger partial charge in [0.2, 0.25) is 11.6 Å². The van der Waals surface area contributed by atoms with Gasteiger partial charge in [-0.2, -0.15) is 16.3 Å². The van der Waals surface area contributed by atoms with Crippen LogP contribution in [0.2, 0.25) is 0 Å². The van der Waals surface area contributed by atoms with Crippen LogP contribution in [0.1, 0.15) is 31.2 Å². The zero-order valence-corrected chi connectivity index (χ0v) is 29.3.